The first-order chi connectivity index (χ1) is 23.2. The van der Waals surface area contributed by atoms with Gasteiger partial charge in [-0.3, -0.25) is 24.0 Å². The largest absolute Gasteiger partial charge is 0.460 e. The van der Waals surface area contributed by atoms with E-state index in [-0.39, 0.29) is 48.5 Å². The van der Waals surface area contributed by atoms with Crippen molar-refractivity contribution in [3.8, 4) is 0 Å². The molecule has 1 unspecified atom stereocenters. The first kappa shape index (κ1) is 38.6. The van der Waals surface area contributed by atoms with E-state index in [0.717, 1.165) is 11.1 Å². The van der Waals surface area contributed by atoms with Crippen LogP contribution < -0.4 is 16.0 Å². The maximum atomic E-state index is 14.5. The molecule has 12 nitrogen and oxygen atoms in total. The smallest absolute Gasteiger partial charge is 0.408 e. The molecule has 0 radical (unpaired) electrons. The topological polar surface area (TPSA) is 160 Å². The molecule has 1 aliphatic heterocycles. The van der Waals surface area contributed by atoms with Crippen molar-refractivity contribution >= 4 is 35.6 Å². The lowest BCUT2D eigenvalue weighted by atomic mass is 9.93. The number of carbonyl (C=O) groups excluding carboxylic acids is 6. The standard InChI is InChI=1S/C38H54N4O8/c1-10-11-16-26(31(44)33(46)39-18-17-27(43)49-36(2,3)4)40-32(45)30-28-25(38(28,8)9)21-42(30)34(47)29(41-35(48)50-37(5,6)7)24-19-22-14-12-13-15-23(22)20-24/h10,12-15,24-26,28-30H,1,11,16-21H2,2-9H3,(H,39,46)(H,40,45)(H,41,48)/t25-,26?,28-,29-,30-/m0/s1. The number of Topliss-reactive ketones (excluding diaryl/α,β-unsaturated/α-hetero) is 1. The average molecular weight is 695 g/mol. The Morgan fingerprint density at radius 1 is 0.960 bits per heavy atom. The van der Waals surface area contributed by atoms with Gasteiger partial charge in [0.1, 0.15) is 23.3 Å². The molecule has 1 aromatic rings. The van der Waals surface area contributed by atoms with Crippen molar-refractivity contribution in [3.63, 3.8) is 0 Å². The molecular weight excluding hydrogens is 640 g/mol. The second kappa shape index (κ2) is 14.9. The Hall–Kier alpha value is -4.22. The number of amides is 4. The van der Waals surface area contributed by atoms with E-state index in [0.29, 0.717) is 25.8 Å². The Morgan fingerprint density at radius 3 is 2.12 bits per heavy atom. The highest BCUT2D eigenvalue weighted by molar-refractivity contribution is 6.38. The zero-order valence-corrected chi connectivity index (χ0v) is 30.7. The van der Waals surface area contributed by atoms with E-state index in [4.69, 9.17) is 9.47 Å². The van der Waals surface area contributed by atoms with Crippen LogP contribution in [0.5, 0.6) is 0 Å². The number of fused-ring (bicyclic) bond motifs is 2. The average Bonchev–Trinajstić information content (AvgIpc) is 3.36. The zero-order chi connectivity index (χ0) is 37.2. The summed E-state index contributed by atoms with van der Waals surface area (Å²) in [6.45, 7) is 18.4. The van der Waals surface area contributed by atoms with Gasteiger partial charge >= 0.3 is 12.1 Å². The van der Waals surface area contributed by atoms with E-state index in [9.17, 15) is 28.8 Å². The molecule has 4 amide bonds. The van der Waals surface area contributed by atoms with Gasteiger partial charge in [0.25, 0.3) is 5.91 Å². The van der Waals surface area contributed by atoms with Gasteiger partial charge in [-0.15, -0.1) is 6.58 Å². The third kappa shape index (κ3) is 9.31. The fraction of sp³-hybridized carbons (Fsp3) is 0.632. The number of alkyl carbamates (subject to hydrolysis) is 1. The van der Waals surface area contributed by atoms with Crippen LogP contribution in [0.2, 0.25) is 0 Å². The van der Waals surface area contributed by atoms with Crippen molar-refractivity contribution in [1.29, 1.82) is 0 Å². The predicted molar refractivity (Wildman–Crippen MR) is 187 cm³/mol. The van der Waals surface area contributed by atoms with Gasteiger partial charge in [0.05, 0.1) is 12.5 Å². The van der Waals surface area contributed by atoms with Crippen LogP contribution in [0.4, 0.5) is 4.79 Å². The maximum Gasteiger partial charge on any atom is 0.408 e. The van der Waals surface area contributed by atoms with Crippen molar-refractivity contribution < 1.29 is 38.2 Å². The number of hydrogen-bond acceptors (Lipinski definition) is 8. The maximum absolute atomic E-state index is 14.5. The minimum Gasteiger partial charge on any atom is -0.460 e. The van der Waals surface area contributed by atoms with Crippen LogP contribution in [0.25, 0.3) is 0 Å². The number of nitrogens with zero attached hydrogens (tertiary/aromatic N) is 1. The SMILES string of the molecule is C=CCCC(NC(=O)[C@@H]1[C@@H]2[C@H](CN1C(=O)[C@@H](NC(=O)OC(C)(C)C)C1Cc3ccccc3C1)C2(C)C)C(=O)C(=O)NCCC(=O)OC(C)(C)C. The van der Waals surface area contributed by atoms with E-state index in [1.54, 1.807) is 47.6 Å². The number of ketones is 1. The molecule has 3 N–H and O–H groups in total. The second-order valence-corrected chi connectivity index (χ2v) is 16.3. The van der Waals surface area contributed by atoms with Gasteiger partial charge < -0.3 is 30.3 Å². The van der Waals surface area contributed by atoms with Crippen LogP contribution >= 0.6 is 0 Å². The minimum atomic E-state index is -1.18. The van der Waals surface area contributed by atoms with Gasteiger partial charge in [0, 0.05) is 13.1 Å². The van der Waals surface area contributed by atoms with Gasteiger partial charge in [-0.1, -0.05) is 44.2 Å². The van der Waals surface area contributed by atoms with Gasteiger partial charge in [-0.25, -0.2) is 4.79 Å². The van der Waals surface area contributed by atoms with Crippen LogP contribution in [-0.4, -0.2) is 82.9 Å². The van der Waals surface area contributed by atoms with Gasteiger partial charge in [-0.05, 0) is 102 Å². The number of allylic oxidation sites excluding steroid dienone is 1. The van der Waals surface area contributed by atoms with Crippen LogP contribution in [-0.2, 0) is 46.3 Å². The van der Waals surface area contributed by atoms with Crippen LogP contribution in [0.3, 0.4) is 0 Å². The Bertz CT molecular complexity index is 1480. The molecule has 12 heteroatoms. The van der Waals surface area contributed by atoms with Gasteiger partial charge in [0.15, 0.2) is 0 Å². The monoisotopic (exact) mass is 694 g/mol. The van der Waals surface area contributed by atoms with Crippen LogP contribution in [0.1, 0.15) is 85.8 Å². The summed E-state index contributed by atoms with van der Waals surface area (Å²) in [5, 5.41) is 8.09. The van der Waals surface area contributed by atoms with Crippen molar-refractivity contribution in [2.45, 2.75) is 117 Å². The number of piperidine rings is 1. The summed E-state index contributed by atoms with van der Waals surface area (Å²) in [7, 11) is 0. The van der Waals surface area contributed by atoms with E-state index >= 15 is 0 Å². The van der Waals surface area contributed by atoms with Crippen molar-refractivity contribution in [2.75, 3.05) is 13.1 Å². The Labute approximate surface area is 295 Å². The fourth-order valence-electron chi connectivity index (χ4n) is 7.36. The van der Waals surface area contributed by atoms with Gasteiger partial charge in [0.2, 0.25) is 17.6 Å². The summed E-state index contributed by atoms with van der Waals surface area (Å²) >= 11 is 0. The molecule has 274 valence electrons. The molecule has 0 bridgehead atoms. The summed E-state index contributed by atoms with van der Waals surface area (Å²) in [6, 6.07) is 4.87. The summed E-state index contributed by atoms with van der Waals surface area (Å²) in [6.07, 6.45) is 2.36. The fourth-order valence-corrected chi connectivity index (χ4v) is 7.36. The van der Waals surface area contributed by atoms with Crippen molar-refractivity contribution in [2.24, 2.45) is 23.2 Å². The molecule has 0 spiro atoms. The van der Waals surface area contributed by atoms with Crippen LogP contribution in [0, 0.1) is 23.2 Å². The molecule has 1 saturated heterocycles. The highest BCUT2D eigenvalue weighted by Crippen LogP contribution is 2.65. The molecule has 50 heavy (non-hydrogen) atoms. The number of nitrogens with one attached hydrogen (secondary N) is 3. The molecule has 0 aromatic heterocycles. The van der Waals surface area contributed by atoms with Crippen molar-refractivity contribution in [3.05, 3.63) is 48.0 Å². The number of rotatable bonds is 13. The summed E-state index contributed by atoms with van der Waals surface area (Å²) in [5.74, 6) is -3.62. The minimum absolute atomic E-state index is 0.0450. The lowest BCUT2D eigenvalue weighted by Crippen LogP contribution is -2.59. The third-order valence-corrected chi connectivity index (χ3v) is 9.80. The Morgan fingerprint density at radius 2 is 1.56 bits per heavy atom. The number of likely N-dealkylation sites (tertiary alicyclic amines) is 1. The second-order valence-electron chi connectivity index (χ2n) is 16.3. The third-order valence-electron chi connectivity index (χ3n) is 9.80. The summed E-state index contributed by atoms with van der Waals surface area (Å²) < 4.78 is 10.8. The molecular formula is C38H54N4O8. The normalized spacial score (nSPS) is 21.9. The number of ether oxygens (including phenoxy) is 2. The molecule has 2 aliphatic carbocycles. The van der Waals surface area contributed by atoms with E-state index < -0.39 is 59.0 Å². The van der Waals surface area contributed by atoms with Crippen LogP contribution in [0.15, 0.2) is 36.9 Å². The molecule has 1 saturated carbocycles. The number of hydrogen-bond donors (Lipinski definition) is 3. The number of benzene rings is 1. The number of esters is 1. The lowest BCUT2D eigenvalue weighted by molar-refractivity contribution is -0.154. The Balaban J connectivity index is 1.52. The van der Waals surface area contributed by atoms with Crippen molar-refractivity contribution in [1.82, 2.24) is 20.9 Å². The van der Waals surface area contributed by atoms with E-state index in [1.165, 1.54) is 4.90 Å². The first-order valence-electron chi connectivity index (χ1n) is 17.6. The summed E-state index contributed by atoms with van der Waals surface area (Å²) in [4.78, 5) is 81.6. The number of carbonyl (C=O) groups is 6. The van der Waals surface area contributed by atoms with Gasteiger partial charge in [-0.2, -0.15) is 0 Å². The Kier molecular flexibility index (Phi) is 11.5. The molecule has 2 fully saturated rings. The van der Waals surface area contributed by atoms with E-state index in [1.807, 2.05) is 38.1 Å². The first-order valence-corrected chi connectivity index (χ1v) is 17.6. The molecule has 1 heterocycles. The highest BCUT2D eigenvalue weighted by Gasteiger charge is 2.69. The molecule has 3 aliphatic rings. The predicted octanol–water partition coefficient (Wildman–Crippen LogP) is 3.65. The molecule has 4 rings (SSSR count). The zero-order valence-electron chi connectivity index (χ0n) is 30.7. The lowest BCUT2D eigenvalue weighted by Gasteiger charge is -2.35. The quantitative estimate of drug-likeness (QED) is 0.160. The highest BCUT2D eigenvalue weighted by atomic mass is 16.6. The van der Waals surface area contributed by atoms with E-state index in [2.05, 4.69) is 22.5 Å². The molecule has 5 atom stereocenters. The molecule has 1 aromatic carbocycles. The summed E-state index contributed by atoms with van der Waals surface area (Å²) in [5.41, 5.74) is 0.515.